The molecule has 0 saturated heterocycles. The van der Waals surface area contributed by atoms with Crippen molar-refractivity contribution in [2.24, 2.45) is 0 Å². The van der Waals surface area contributed by atoms with E-state index in [0.29, 0.717) is 5.75 Å². The molecule has 122 valence electrons. The van der Waals surface area contributed by atoms with Gasteiger partial charge in [0.25, 0.3) is 5.91 Å². The summed E-state index contributed by atoms with van der Waals surface area (Å²) in [5, 5.41) is 2.85. The third-order valence-electron chi connectivity index (χ3n) is 3.40. The Balaban J connectivity index is 1.96. The predicted octanol–water partition coefficient (Wildman–Crippen LogP) is 3.40. The van der Waals surface area contributed by atoms with Crippen LogP contribution in [0.1, 0.15) is 24.1 Å². The minimum Gasteiger partial charge on any atom is -0.496 e. The van der Waals surface area contributed by atoms with E-state index in [0.717, 1.165) is 16.9 Å². The first kappa shape index (κ1) is 16.8. The highest BCUT2D eigenvalue weighted by molar-refractivity contribution is 5.78. The van der Waals surface area contributed by atoms with Gasteiger partial charge in [-0.1, -0.05) is 23.8 Å². The Morgan fingerprint density at radius 1 is 1.26 bits per heavy atom. The molecule has 0 unspecified atom stereocenters. The van der Waals surface area contributed by atoms with Crippen LogP contribution in [0.25, 0.3) is 0 Å². The van der Waals surface area contributed by atoms with E-state index in [2.05, 4.69) is 5.32 Å². The van der Waals surface area contributed by atoms with Gasteiger partial charge in [-0.15, -0.1) is 0 Å². The molecule has 1 amide bonds. The van der Waals surface area contributed by atoms with Gasteiger partial charge in [-0.05, 0) is 32.0 Å². The third kappa shape index (κ3) is 4.71. The van der Waals surface area contributed by atoms with Gasteiger partial charge in [0.2, 0.25) is 0 Å². The molecular formula is C18H20FNO3. The number of nitrogens with one attached hydrogen (secondary N) is 1. The zero-order valence-corrected chi connectivity index (χ0v) is 13.4. The molecular weight excluding hydrogens is 297 g/mol. The van der Waals surface area contributed by atoms with E-state index >= 15 is 0 Å². The van der Waals surface area contributed by atoms with E-state index in [1.165, 1.54) is 18.2 Å². The highest BCUT2D eigenvalue weighted by Gasteiger charge is 2.14. The number of carbonyl (C=O) groups excluding carboxylic acids is 1. The molecule has 0 aromatic heterocycles. The van der Waals surface area contributed by atoms with Crippen LogP contribution in [0.2, 0.25) is 0 Å². The molecule has 0 spiro atoms. The van der Waals surface area contributed by atoms with E-state index in [4.69, 9.17) is 9.47 Å². The summed E-state index contributed by atoms with van der Waals surface area (Å²) in [4.78, 5) is 12.0. The molecule has 0 saturated carbocycles. The molecule has 2 rings (SSSR count). The van der Waals surface area contributed by atoms with Crippen LogP contribution in [-0.4, -0.2) is 19.6 Å². The number of methoxy groups -OCH3 is 1. The van der Waals surface area contributed by atoms with Crippen molar-refractivity contribution in [2.75, 3.05) is 13.7 Å². The van der Waals surface area contributed by atoms with Crippen molar-refractivity contribution in [3.8, 4) is 11.5 Å². The zero-order chi connectivity index (χ0) is 16.8. The Hall–Kier alpha value is -2.56. The molecule has 2 aromatic carbocycles. The van der Waals surface area contributed by atoms with Crippen LogP contribution >= 0.6 is 0 Å². The molecule has 2 aromatic rings. The lowest BCUT2D eigenvalue weighted by molar-refractivity contribution is -0.123. The van der Waals surface area contributed by atoms with Gasteiger partial charge in [-0.3, -0.25) is 4.79 Å². The van der Waals surface area contributed by atoms with Crippen LogP contribution in [0.4, 0.5) is 4.39 Å². The highest BCUT2D eigenvalue weighted by atomic mass is 19.1. The minimum absolute atomic E-state index is 0.179. The van der Waals surface area contributed by atoms with Gasteiger partial charge in [0.15, 0.2) is 6.61 Å². The van der Waals surface area contributed by atoms with Crippen molar-refractivity contribution in [3.05, 3.63) is 59.4 Å². The molecule has 0 bridgehead atoms. The SMILES string of the molecule is COc1ccc(C)cc1[C@@H](C)NC(=O)COc1cccc(F)c1. The molecule has 23 heavy (non-hydrogen) atoms. The molecule has 0 aliphatic rings. The van der Waals surface area contributed by atoms with Gasteiger partial charge in [0.05, 0.1) is 13.2 Å². The monoisotopic (exact) mass is 317 g/mol. The lowest BCUT2D eigenvalue weighted by Gasteiger charge is -2.18. The lowest BCUT2D eigenvalue weighted by Crippen LogP contribution is -2.31. The number of benzene rings is 2. The maximum atomic E-state index is 13.0. The maximum Gasteiger partial charge on any atom is 0.258 e. The van der Waals surface area contributed by atoms with Crippen molar-refractivity contribution in [1.82, 2.24) is 5.32 Å². The summed E-state index contributed by atoms with van der Waals surface area (Å²) in [5.74, 6) is 0.349. The predicted molar refractivity (Wildman–Crippen MR) is 86.2 cm³/mol. The van der Waals surface area contributed by atoms with Crippen molar-refractivity contribution in [2.45, 2.75) is 19.9 Å². The molecule has 0 aliphatic carbocycles. The molecule has 0 fully saturated rings. The van der Waals surface area contributed by atoms with Crippen molar-refractivity contribution in [1.29, 1.82) is 0 Å². The number of halogens is 1. The maximum absolute atomic E-state index is 13.0. The van der Waals surface area contributed by atoms with Crippen molar-refractivity contribution in [3.63, 3.8) is 0 Å². The largest absolute Gasteiger partial charge is 0.496 e. The Bertz CT molecular complexity index is 688. The van der Waals surface area contributed by atoms with Gasteiger partial charge >= 0.3 is 0 Å². The molecule has 5 heteroatoms. The van der Waals surface area contributed by atoms with E-state index in [1.54, 1.807) is 13.2 Å². The fraction of sp³-hybridized carbons (Fsp3) is 0.278. The smallest absolute Gasteiger partial charge is 0.258 e. The van der Waals surface area contributed by atoms with E-state index in [9.17, 15) is 9.18 Å². The summed E-state index contributed by atoms with van der Waals surface area (Å²) in [6.07, 6.45) is 0. The summed E-state index contributed by atoms with van der Waals surface area (Å²) in [7, 11) is 1.59. The lowest BCUT2D eigenvalue weighted by atomic mass is 10.0. The minimum atomic E-state index is -0.402. The van der Waals surface area contributed by atoms with Crippen LogP contribution in [0.3, 0.4) is 0 Å². The number of rotatable bonds is 6. The quantitative estimate of drug-likeness (QED) is 0.888. The third-order valence-corrected chi connectivity index (χ3v) is 3.40. The second-order valence-electron chi connectivity index (χ2n) is 5.28. The molecule has 0 heterocycles. The summed E-state index contributed by atoms with van der Waals surface area (Å²) >= 11 is 0. The summed E-state index contributed by atoms with van der Waals surface area (Å²) < 4.78 is 23.7. The number of amides is 1. The Morgan fingerprint density at radius 2 is 2.04 bits per heavy atom. The topological polar surface area (TPSA) is 47.6 Å². The van der Waals surface area contributed by atoms with Crippen LogP contribution in [0, 0.1) is 12.7 Å². The molecule has 1 atom stereocenters. The van der Waals surface area contributed by atoms with Crippen molar-refractivity contribution >= 4 is 5.91 Å². The second-order valence-corrected chi connectivity index (χ2v) is 5.28. The average molecular weight is 317 g/mol. The van der Waals surface area contributed by atoms with Gasteiger partial charge in [0.1, 0.15) is 17.3 Å². The molecule has 1 N–H and O–H groups in total. The van der Waals surface area contributed by atoms with Gasteiger partial charge < -0.3 is 14.8 Å². The zero-order valence-electron chi connectivity index (χ0n) is 13.4. The van der Waals surface area contributed by atoms with E-state index in [-0.39, 0.29) is 18.6 Å². The number of aryl methyl sites for hydroxylation is 1. The van der Waals surface area contributed by atoms with Crippen LogP contribution < -0.4 is 14.8 Å². The normalized spacial score (nSPS) is 11.7. The van der Waals surface area contributed by atoms with E-state index in [1.807, 2.05) is 32.0 Å². The Morgan fingerprint density at radius 3 is 2.74 bits per heavy atom. The van der Waals surface area contributed by atoms with Gasteiger partial charge in [-0.2, -0.15) is 0 Å². The van der Waals surface area contributed by atoms with E-state index < -0.39 is 5.82 Å². The van der Waals surface area contributed by atoms with Crippen LogP contribution in [0.5, 0.6) is 11.5 Å². The summed E-state index contributed by atoms with van der Waals surface area (Å²) in [6, 6.07) is 11.2. The van der Waals surface area contributed by atoms with Crippen LogP contribution in [0.15, 0.2) is 42.5 Å². The Kier molecular flexibility index (Phi) is 5.57. The first-order chi connectivity index (χ1) is 11.0. The van der Waals surface area contributed by atoms with Crippen LogP contribution in [-0.2, 0) is 4.79 Å². The van der Waals surface area contributed by atoms with Crippen molar-refractivity contribution < 1.29 is 18.7 Å². The first-order valence-corrected chi connectivity index (χ1v) is 7.32. The number of ether oxygens (including phenoxy) is 2. The fourth-order valence-electron chi connectivity index (χ4n) is 2.26. The number of hydrogen-bond acceptors (Lipinski definition) is 3. The first-order valence-electron chi connectivity index (χ1n) is 7.32. The number of carbonyl (C=O) groups is 1. The summed E-state index contributed by atoms with van der Waals surface area (Å²) in [6.45, 7) is 3.67. The second kappa shape index (κ2) is 7.63. The average Bonchev–Trinajstić information content (AvgIpc) is 2.53. The number of hydrogen-bond donors (Lipinski definition) is 1. The van der Waals surface area contributed by atoms with Gasteiger partial charge in [-0.25, -0.2) is 4.39 Å². The van der Waals surface area contributed by atoms with Gasteiger partial charge in [0, 0.05) is 11.6 Å². The Labute approximate surface area is 135 Å². The summed E-state index contributed by atoms with van der Waals surface area (Å²) in [5.41, 5.74) is 1.98. The highest BCUT2D eigenvalue weighted by Crippen LogP contribution is 2.26. The molecule has 4 nitrogen and oxygen atoms in total. The molecule has 0 radical (unpaired) electrons. The standard InChI is InChI=1S/C18H20FNO3/c1-12-7-8-17(22-3)16(9-12)13(2)20-18(21)11-23-15-6-4-5-14(19)10-15/h4-10,13H,11H2,1-3H3,(H,20,21)/t13-/m1/s1. The molecule has 0 aliphatic heterocycles. The fourth-order valence-corrected chi connectivity index (χ4v) is 2.26.